The van der Waals surface area contributed by atoms with Gasteiger partial charge in [-0.25, -0.2) is 0 Å². The lowest BCUT2D eigenvalue weighted by molar-refractivity contribution is -0.0301. The Morgan fingerprint density at radius 1 is 1.37 bits per heavy atom. The van der Waals surface area contributed by atoms with Gasteiger partial charge in [0.15, 0.2) is 0 Å². The largest absolute Gasteiger partial charge is 0.394 e. The van der Waals surface area contributed by atoms with Crippen LogP contribution in [0.5, 0.6) is 0 Å². The highest BCUT2D eigenvalue weighted by molar-refractivity contribution is 4.81. The number of rotatable bonds is 9. The molecule has 0 aromatic carbocycles. The Balaban J connectivity index is 2.16. The summed E-state index contributed by atoms with van der Waals surface area (Å²) in [7, 11) is 0. The molecular weight excluding hydrogens is 240 g/mol. The molecule has 1 aliphatic rings. The van der Waals surface area contributed by atoms with Crippen molar-refractivity contribution in [2.45, 2.75) is 58.1 Å². The number of hydrogen-bond acceptors (Lipinski definition) is 4. The first-order chi connectivity index (χ1) is 9.13. The molecule has 2 atom stereocenters. The van der Waals surface area contributed by atoms with Crippen LogP contribution in [0.4, 0.5) is 0 Å². The summed E-state index contributed by atoms with van der Waals surface area (Å²) in [6, 6.07) is 0. The molecule has 1 fully saturated rings. The molecule has 114 valence electrons. The van der Waals surface area contributed by atoms with Crippen LogP contribution in [-0.4, -0.2) is 61.0 Å². The highest BCUT2D eigenvalue weighted by atomic mass is 16.5. The predicted molar refractivity (Wildman–Crippen MR) is 79.5 cm³/mol. The van der Waals surface area contributed by atoms with Crippen LogP contribution < -0.4 is 5.32 Å². The fourth-order valence-corrected chi connectivity index (χ4v) is 2.73. The van der Waals surface area contributed by atoms with E-state index in [2.05, 4.69) is 31.0 Å². The normalized spacial score (nSPS) is 24.3. The van der Waals surface area contributed by atoms with Gasteiger partial charge in [-0.15, -0.1) is 0 Å². The molecule has 1 rings (SSSR count). The average Bonchev–Trinajstić information content (AvgIpc) is 2.44. The van der Waals surface area contributed by atoms with E-state index in [9.17, 15) is 5.11 Å². The van der Waals surface area contributed by atoms with Crippen LogP contribution in [0, 0.1) is 0 Å². The molecule has 0 aliphatic carbocycles. The second-order valence-corrected chi connectivity index (χ2v) is 5.91. The average molecular weight is 272 g/mol. The van der Waals surface area contributed by atoms with Gasteiger partial charge in [0.25, 0.3) is 0 Å². The Bertz CT molecular complexity index is 238. The number of unbranched alkanes of at least 4 members (excludes halogenated alkanes) is 1. The molecular formula is C15H32N2O2. The molecule has 4 heteroatoms. The van der Waals surface area contributed by atoms with Crippen molar-refractivity contribution in [2.75, 3.05) is 39.4 Å². The molecule has 0 aromatic heterocycles. The second kappa shape index (κ2) is 8.90. The fourth-order valence-electron chi connectivity index (χ4n) is 2.73. The van der Waals surface area contributed by atoms with E-state index < -0.39 is 0 Å². The Morgan fingerprint density at radius 2 is 2.16 bits per heavy atom. The third-order valence-electron chi connectivity index (χ3n) is 4.08. The first kappa shape index (κ1) is 16.9. The topological polar surface area (TPSA) is 44.7 Å². The van der Waals surface area contributed by atoms with Gasteiger partial charge in [-0.1, -0.05) is 20.3 Å². The number of aliphatic hydroxyl groups is 1. The third-order valence-corrected chi connectivity index (χ3v) is 4.08. The highest BCUT2D eigenvalue weighted by Gasteiger charge is 2.22. The first-order valence-electron chi connectivity index (χ1n) is 7.83. The molecule has 0 amide bonds. The summed E-state index contributed by atoms with van der Waals surface area (Å²) in [6.45, 7) is 11.7. The fraction of sp³-hybridized carbons (Fsp3) is 1.00. The molecule has 2 unspecified atom stereocenters. The lowest BCUT2D eigenvalue weighted by Gasteiger charge is -2.33. The van der Waals surface area contributed by atoms with Crippen molar-refractivity contribution in [3.63, 3.8) is 0 Å². The van der Waals surface area contributed by atoms with E-state index in [0.717, 1.165) is 52.0 Å². The Labute approximate surface area is 118 Å². The summed E-state index contributed by atoms with van der Waals surface area (Å²) in [4.78, 5) is 2.52. The van der Waals surface area contributed by atoms with Crippen molar-refractivity contribution < 1.29 is 9.84 Å². The zero-order valence-corrected chi connectivity index (χ0v) is 13.0. The number of nitrogens with zero attached hydrogens (tertiary/aromatic N) is 1. The molecule has 1 saturated heterocycles. The van der Waals surface area contributed by atoms with Crippen molar-refractivity contribution in [3.8, 4) is 0 Å². The minimum Gasteiger partial charge on any atom is -0.394 e. The zero-order chi connectivity index (χ0) is 14.1. The number of hydrogen-bond donors (Lipinski definition) is 2. The Hall–Kier alpha value is -0.160. The maximum absolute atomic E-state index is 9.44. The molecule has 19 heavy (non-hydrogen) atoms. The van der Waals surface area contributed by atoms with Crippen LogP contribution in [0.15, 0.2) is 0 Å². The number of likely N-dealkylation sites (N-methyl/N-ethyl adjacent to an activating group) is 1. The monoisotopic (exact) mass is 272 g/mol. The number of morpholine rings is 1. The maximum atomic E-state index is 9.44. The number of ether oxygens (including phenoxy) is 1. The molecule has 1 aliphatic heterocycles. The maximum Gasteiger partial charge on any atom is 0.0700 e. The van der Waals surface area contributed by atoms with Gasteiger partial charge in [-0.2, -0.15) is 0 Å². The second-order valence-electron chi connectivity index (χ2n) is 5.91. The van der Waals surface area contributed by atoms with Gasteiger partial charge in [0, 0.05) is 18.6 Å². The van der Waals surface area contributed by atoms with Crippen LogP contribution in [0.25, 0.3) is 0 Å². The summed E-state index contributed by atoms with van der Waals surface area (Å²) >= 11 is 0. The molecule has 0 bridgehead atoms. The van der Waals surface area contributed by atoms with Gasteiger partial charge in [-0.3, -0.25) is 4.90 Å². The van der Waals surface area contributed by atoms with Crippen molar-refractivity contribution in [1.29, 1.82) is 0 Å². The minimum atomic E-state index is -0.105. The molecule has 0 aromatic rings. The predicted octanol–water partition coefficient (Wildman–Crippen LogP) is 1.63. The standard InChI is InChI=1S/C15H32N2O2/c1-4-14-12-17(10-11-19-14)9-7-6-8-15(3,13-18)16-5-2/h14,16,18H,4-13H2,1-3H3. The van der Waals surface area contributed by atoms with Gasteiger partial charge in [-0.05, 0) is 39.3 Å². The first-order valence-corrected chi connectivity index (χ1v) is 7.83. The quantitative estimate of drug-likeness (QED) is 0.626. The minimum absolute atomic E-state index is 0.105. The Morgan fingerprint density at radius 3 is 2.79 bits per heavy atom. The van der Waals surface area contributed by atoms with E-state index in [4.69, 9.17) is 4.74 Å². The summed E-state index contributed by atoms with van der Waals surface area (Å²) in [5, 5.41) is 12.8. The SMILES string of the molecule is CCNC(C)(CO)CCCCN1CCOC(CC)C1. The summed E-state index contributed by atoms with van der Waals surface area (Å²) in [5.41, 5.74) is -0.105. The molecule has 0 radical (unpaired) electrons. The lowest BCUT2D eigenvalue weighted by atomic mass is 9.95. The highest BCUT2D eigenvalue weighted by Crippen LogP contribution is 2.14. The van der Waals surface area contributed by atoms with Gasteiger partial charge in [0.05, 0.1) is 19.3 Å². The van der Waals surface area contributed by atoms with Gasteiger partial charge in [0.1, 0.15) is 0 Å². The summed E-state index contributed by atoms with van der Waals surface area (Å²) in [5.74, 6) is 0. The number of aliphatic hydroxyl groups excluding tert-OH is 1. The molecule has 4 nitrogen and oxygen atoms in total. The van der Waals surface area contributed by atoms with Crippen molar-refractivity contribution in [1.82, 2.24) is 10.2 Å². The third kappa shape index (κ3) is 6.21. The van der Waals surface area contributed by atoms with Crippen LogP contribution >= 0.6 is 0 Å². The van der Waals surface area contributed by atoms with Crippen LogP contribution in [0.3, 0.4) is 0 Å². The van der Waals surface area contributed by atoms with E-state index >= 15 is 0 Å². The van der Waals surface area contributed by atoms with E-state index in [0.29, 0.717) is 6.10 Å². The van der Waals surface area contributed by atoms with Gasteiger partial charge >= 0.3 is 0 Å². The van der Waals surface area contributed by atoms with Crippen LogP contribution in [0.2, 0.25) is 0 Å². The van der Waals surface area contributed by atoms with Crippen molar-refractivity contribution in [2.24, 2.45) is 0 Å². The molecule has 0 saturated carbocycles. The van der Waals surface area contributed by atoms with Crippen molar-refractivity contribution >= 4 is 0 Å². The Kier molecular flexibility index (Phi) is 7.91. The van der Waals surface area contributed by atoms with E-state index in [-0.39, 0.29) is 12.1 Å². The van der Waals surface area contributed by atoms with E-state index in [1.807, 2.05) is 0 Å². The molecule has 2 N–H and O–H groups in total. The summed E-state index contributed by atoms with van der Waals surface area (Å²) in [6.07, 6.45) is 4.95. The van der Waals surface area contributed by atoms with E-state index in [1.54, 1.807) is 0 Å². The van der Waals surface area contributed by atoms with Crippen LogP contribution in [-0.2, 0) is 4.74 Å². The van der Waals surface area contributed by atoms with Crippen molar-refractivity contribution in [3.05, 3.63) is 0 Å². The summed E-state index contributed by atoms with van der Waals surface area (Å²) < 4.78 is 5.68. The lowest BCUT2D eigenvalue weighted by Crippen LogP contribution is -2.46. The van der Waals surface area contributed by atoms with Gasteiger partial charge in [0.2, 0.25) is 0 Å². The van der Waals surface area contributed by atoms with Crippen LogP contribution in [0.1, 0.15) is 46.5 Å². The van der Waals surface area contributed by atoms with E-state index in [1.165, 1.54) is 6.42 Å². The number of nitrogens with one attached hydrogen (secondary N) is 1. The molecule has 1 heterocycles. The molecule has 0 spiro atoms. The smallest absolute Gasteiger partial charge is 0.0700 e. The van der Waals surface area contributed by atoms with Gasteiger partial charge < -0.3 is 15.2 Å². The zero-order valence-electron chi connectivity index (χ0n) is 13.0.